The van der Waals surface area contributed by atoms with Crippen LogP contribution in [-0.4, -0.2) is 54.6 Å². The third-order valence-corrected chi connectivity index (χ3v) is 6.00. The van der Waals surface area contributed by atoms with E-state index in [1.165, 1.54) is 42.8 Å². The van der Waals surface area contributed by atoms with Crippen molar-refractivity contribution in [2.75, 3.05) is 32.7 Å². The van der Waals surface area contributed by atoms with E-state index in [-0.39, 0.29) is 0 Å². The lowest BCUT2D eigenvalue weighted by atomic mass is 10.0. The number of hydrogen-bond acceptors (Lipinski definition) is 4. The van der Waals surface area contributed by atoms with Crippen LogP contribution < -0.4 is 10.6 Å². The number of aryl methyl sites for hydroxylation is 2. The van der Waals surface area contributed by atoms with Gasteiger partial charge in [-0.05, 0) is 46.6 Å². The van der Waals surface area contributed by atoms with E-state index >= 15 is 0 Å². The van der Waals surface area contributed by atoms with Crippen LogP contribution >= 0.6 is 11.3 Å². The fraction of sp³-hybridized carbons (Fsp3) is 0.789. The van der Waals surface area contributed by atoms with Crippen molar-refractivity contribution in [2.24, 2.45) is 4.99 Å². The molecule has 25 heavy (non-hydrogen) atoms. The van der Waals surface area contributed by atoms with Gasteiger partial charge in [0.1, 0.15) is 0 Å². The molecule has 0 radical (unpaired) electrons. The van der Waals surface area contributed by atoms with Crippen LogP contribution in [0.15, 0.2) is 4.99 Å². The number of aromatic nitrogens is 1. The van der Waals surface area contributed by atoms with E-state index in [1.54, 1.807) is 11.3 Å². The average molecular weight is 366 g/mol. The summed E-state index contributed by atoms with van der Waals surface area (Å²) < 4.78 is 0. The zero-order valence-corrected chi connectivity index (χ0v) is 17.2. The Morgan fingerprint density at radius 3 is 2.80 bits per heavy atom. The van der Waals surface area contributed by atoms with Gasteiger partial charge in [-0.2, -0.15) is 0 Å². The minimum absolute atomic E-state index is 0.761. The van der Waals surface area contributed by atoms with Gasteiger partial charge in [0.25, 0.3) is 0 Å². The fourth-order valence-electron chi connectivity index (χ4n) is 3.55. The predicted molar refractivity (Wildman–Crippen MR) is 109 cm³/mol. The summed E-state index contributed by atoms with van der Waals surface area (Å²) in [5.41, 5.74) is 1.17. The minimum atomic E-state index is 0.761. The molecule has 0 bridgehead atoms. The topological polar surface area (TPSA) is 52.6 Å². The van der Waals surface area contributed by atoms with E-state index in [1.807, 2.05) is 0 Å². The van der Waals surface area contributed by atoms with Gasteiger partial charge in [-0.25, -0.2) is 4.98 Å². The Bertz CT molecular complexity index is 540. The molecular weight excluding hydrogens is 330 g/mol. The number of guanidine groups is 1. The molecule has 2 heterocycles. The van der Waals surface area contributed by atoms with Crippen molar-refractivity contribution in [3.05, 3.63) is 15.6 Å². The molecule has 6 heteroatoms. The highest BCUT2D eigenvalue weighted by Crippen LogP contribution is 2.19. The van der Waals surface area contributed by atoms with Gasteiger partial charge >= 0.3 is 0 Å². The molecule has 1 unspecified atom stereocenters. The van der Waals surface area contributed by atoms with Crippen molar-refractivity contribution in [2.45, 2.75) is 65.8 Å². The second kappa shape index (κ2) is 10.8. The lowest BCUT2D eigenvalue weighted by molar-refractivity contribution is 0.148. The second-order valence-electron chi connectivity index (χ2n) is 6.77. The first-order valence-corrected chi connectivity index (χ1v) is 10.6. The predicted octanol–water partition coefficient (Wildman–Crippen LogP) is 3.12. The maximum atomic E-state index is 4.78. The first-order valence-electron chi connectivity index (χ1n) is 9.83. The average Bonchev–Trinajstić information content (AvgIpc) is 2.92. The summed E-state index contributed by atoms with van der Waals surface area (Å²) in [4.78, 5) is 13.3. The maximum absolute atomic E-state index is 4.78. The highest BCUT2D eigenvalue weighted by molar-refractivity contribution is 7.11. The highest BCUT2D eigenvalue weighted by Gasteiger charge is 2.19. The van der Waals surface area contributed by atoms with Crippen LogP contribution in [-0.2, 0) is 6.42 Å². The van der Waals surface area contributed by atoms with E-state index < -0.39 is 0 Å². The van der Waals surface area contributed by atoms with Gasteiger partial charge in [-0.3, -0.25) is 9.89 Å². The quantitative estimate of drug-likeness (QED) is 0.549. The van der Waals surface area contributed by atoms with Crippen molar-refractivity contribution < 1.29 is 0 Å². The molecule has 1 atom stereocenters. The summed E-state index contributed by atoms with van der Waals surface area (Å²) in [7, 11) is 0. The summed E-state index contributed by atoms with van der Waals surface area (Å²) in [6.45, 7) is 13.6. The Hall–Kier alpha value is -1.14. The number of nitrogens with one attached hydrogen (secondary N) is 2. The Labute approximate surface area is 157 Å². The van der Waals surface area contributed by atoms with Gasteiger partial charge in [0, 0.05) is 37.0 Å². The largest absolute Gasteiger partial charge is 0.357 e. The van der Waals surface area contributed by atoms with Gasteiger partial charge in [0.2, 0.25) is 0 Å². The highest BCUT2D eigenvalue weighted by atomic mass is 32.1. The van der Waals surface area contributed by atoms with Crippen LogP contribution in [0.5, 0.6) is 0 Å². The van der Waals surface area contributed by atoms with Crippen LogP contribution in [0, 0.1) is 13.8 Å². The monoisotopic (exact) mass is 365 g/mol. The molecule has 1 saturated heterocycles. The smallest absolute Gasteiger partial charge is 0.191 e. The molecule has 1 aliphatic heterocycles. The molecule has 1 aromatic heterocycles. The third-order valence-electron chi connectivity index (χ3n) is 4.87. The molecule has 0 aliphatic carbocycles. The van der Waals surface area contributed by atoms with Gasteiger partial charge < -0.3 is 10.6 Å². The fourth-order valence-corrected chi connectivity index (χ4v) is 4.49. The normalized spacial score (nSPS) is 19.2. The first-order chi connectivity index (χ1) is 12.1. The number of thiazole rings is 1. The number of hydrogen-bond donors (Lipinski definition) is 2. The Morgan fingerprint density at radius 1 is 1.28 bits per heavy atom. The van der Waals surface area contributed by atoms with Crippen molar-refractivity contribution in [3.63, 3.8) is 0 Å². The standard InChI is InChI=1S/C19H35N5S/c1-5-17-9-7-8-13-24(17)14-12-22-19(20-6-2)21-11-10-18-15(3)23-16(4)25-18/h17H,5-14H2,1-4H3,(H2,20,21,22). The maximum Gasteiger partial charge on any atom is 0.191 e. The molecule has 142 valence electrons. The number of aliphatic imine (C=N–C) groups is 1. The van der Waals surface area contributed by atoms with Crippen molar-refractivity contribution in [1.29, 1.82) is 0 Å². The summed E-state index contributed by atoms with van der Waals surface area (Å²) in [6.07, 6.45) is 6.35. The molecule has 1 aromatic rings. The molecule has 0 aromatic carbocycles. The Morgan fingerprint density at radius 2 is 2.12 bits per heavy atom. The summed E-state index contributed by atoms with van der Waals surface area (Å²) >= 11 is 1.80. The molecule has 5 nitrogen and oxygen atoms in total. The number of rotatable bonds is 8. The SMILES string of the molecule is CCNC(=NCCN1CCCCC1CC)NCCc1sc(C)nc1C. The molecule has 1 fully saturated rings. The molecule has 1 aliphatic rings. The van der Waals surface area contributed by atoms with E-state index in [0.717, 1.165) is 49.6 Å². The summed E-state index contributed by atoms with van der Waals surface area (Å²) in [5.74, 6) is 0.937. The number of likely N-dealkylation sites (tertiary alicyclic amines) is 1. The molecule has 0 amide bonds. The summed E-state index contributed by atoms with van der Waals surface area (Å²) in [6, 6.07) is 0.761. The summed E-state index contributed by atoms with van der Waals surface area (Å²) in [5, 5.41) is 7.98. The first kappa shape index (κ1) is 20.2. The molecule has 2 N–H and O–H groups in total. The Kier molecular flexibility index (Phi) is 8.68. The molecular formula is C19H35N5S. The zero-order chi connectivity index (χ0) is 18.1. The van der Waals surface area contributed by atoms with Crippen LogP contribution in [0.4, 0.5) is 0 Å². The zero-order valence-electron chi connectivity index (χ0n) is 16.4. The molecule has 0 saturated carbocycles. The van der Waals surface area contributed by atoms with E-state index in [9.17, 15) is 0 Å². The second-order valence-corrected chi connectivity index (χ2v) is 8.06. The van der Waals surface area contributed by atoms with Crippen LogP contribution in [0.1, 0.15) is 55.1 Å². The van der Waals surface area contributed by atoms with Gasteiger partial charge in [0.05, 0.1) is 17.2 Å². The van der Waals surface area contributed by atoms with E-state index in [4.69, 9.17) is 4.99 Å². The van der Waals surface area contributed by atoms with Crippen molar-refractivity contribution >= 4 is 17.3 Å². The molecule has 0 spiro atoms. The lowest BCUT2D eigenvalue weighted by Gasteiger charge is -2.34. The van der Waals surface area contributed by atoms with Crippen LogP contribution in [0.3, 0.4) is 0 Å². The van der Waals surface area contributed by atoms with Gasteiger partial charge in [-0.15, -0.1) is 11.3 Å². The van der Waals surface area contributed by atoms with Crippen molar-refractivity contribution in [3.8, 4) is 0 Å². The number of nitrogens with zero attached hydrogens (tertiary/aromatic N) is 3. The third kappa shape index (κ3) is 6.59. The van der Waals surface area contributed by atoms with Crippen LogP contribution in [0.2, 0.25) is 0 Å². The minimum Gasteiger partial charge on any atom is -0.357 e. The van der Waals surface area contributed by atoms with Crippen molar-refractivity contribution in [1.82, 2.24) is 20.5 Å². The number of piperidine rings is 1. The van der Waals surface area contributed by atoms with Gasteiger partial charge in [-0.1, -0.05) is 13.3 Å². The van der Waals surface area contributed by atoms with Crippen LogP contribution in [0.25, 0.3) is 0 Å². The van der Waals surface area contributed by atoms with E-state index in [0.29, 0.717) is 0 Å². The Balaban J connectivity index is 1.78. The van der Waals surface area contributed by atoms with Gasteiger partial charge in [0.15, 0.2) is 5.96 Å². The van der Waals surface area contributed by atoms with E-state index in [2.05, 4.69) is 48.2 Å². The molecule has 2 rings (SSSR count). The lowest BCUT2D eigenvalue weighted by Crippen LogP contribution is -2.42.